The molecule has 0 aliphatic heterocycles. The molecule has 6 nitrogen and oxygen atoms in total. The molecule has 1 heterocycles. The van der Waals surface area contributed by atoms with E-state index in [0.29, 0.717) is 29.0 Å². The van der Waals surface area contributed by atoms with Gasteiger partial charge in [0.15, 0.2) is 16.3 Å². The number of ether oxygens (including phenoxy) is 1. The van der Waals surface area contributed by atoms with Gasteiger partial charge in [0.05, 0.1) is 5.39 Å². The van der Waals surface area contributed by atoms with E-state index in [1.807, 2.05) is 42.5 Å². The molecule has 0 unspecified atom stereocenters. The molecule has 4 aromatic rings. The Morgan fingerprint density at radius 3 is 2.55 bits per heavy atom. The number of hydrogen-bond donors (Lipinski definition) is 2. The van der Waals surface area contributed by atoms with Crippen LogP contribution in [0.5, 0.6) is 5.75 Å². The summed E-state index contributed by atoms with van der Waals surface area (Å²) in [6.07, 6.45) is 0. The van der Waals surface area contributed by atoms with Crippen molar-refractivity contribution in [3.8, 4) is 5.75 Å². The first-order valence-electron chi connectivity index (χ1n) is 9.50. The molecule has 0 fully saturated rings. The molecule has 0 saturated carbocycles. The molecule has 2 N–H and O–H groups in total. The van der Waals surface area contributed by atoms with Crippen LogP contribution < -0.4 is 20.8 Å². The lowest BCUT2D eigenvalue weighted by atomic mass is 10.2. The second-order valence-corrected chi connectivity index (χ2v) is 7.09. The molecule has 0 bridgehead atoms. The van der Waals surface area contributed by atoms with Crippen molar-refractivity contribution >= 4 is 39.9 Å². The van der Waals surface area contributed by atoms with Gasteiger partial charge in [-0.2, -0.15) is 0 Å². The van der Waals surface area contributed by atoms with Crippen LogP contribution in [0.2, 0.25) is 0 Å². The highest BCUT2D eigenvalue weighted by molar-refractivity contribution is 7.80. The fraction of sp³-hybridized carbons (Fsp3) is 0.0417. The Hall–Kier alpha value is -3.97. The summed E-state index contributed by atoms with van der Waals surface area (Å²) in [6.45, 7) is 0.437. The Morgan fingerprint density at radius 1 is 0.935 bits per heavy atom. The highest BCUT2D eigenvalue weighted by Crippen LogP contribution is 2.19. The standard InChI is InChI=1S/C24H18N2O4S/c27-20-14-22(30-21-12-5-4-11-19(20)21)23(28)26-24(31)25-17-9-6-10-18(13-17)29-15-16-7-2-1-3-8-16/h1-14H,15H2,(H2,25,26,28,31). The Balaban J connectivity index is 1.39. The van der Waals surface area contributed by atoms with Gasteiger partial charge in [0.1, 0.15) is 17.9 Å². The van der Waals surface area contributed by atoms with E-state index in [4.69, 9.17) is 21.4 Å². The van der Waals surface area contributed by atoms with Crippen LogP contribution in [0.1, 0.15) is 16.1 Å². The summed E-state index contributed by atoms with van der Waals surface area (Å²) in [7, 11) is 0. The third kappa shape index (κ3) is 5.15. The minimum absolute atomic E-state index is 0.0704. The number of thiocarbonyl (C=S) groups is 1. The van der Waals surface area contributed by atoms with Gasteiger partial charge in [-0.1, -0.05) is 48.5 Å². The van der Waals surface area contributed by atoms with Gasteiger partial charge in [0.25, 0.3) is 5.91 Å². The molecule has 4 rings (SSSR count). The molecular formula is C24H18N2O4S. The first-order chi connectivity index (χ1) is 15.1. The number of carbonyl (C=O) groups is 1. The van der Waals surface area contributed by atoms with Crippen molar-refractivity contribution in [1.29, 1.82) is 0 Å². The van der Waals surface area contributed by atoms with Gasteiger partial charge < -0.3 is 14.5 Å². The van der Waals surface area contributed by atoms with Crippen molar-refractivity contribution in [1.82, 2.24) is 5.32 Å². The molecule has 154 valence electrons. The molecule has 0 atom stereocenters. The van der Waals surface area contributed by atoms with Crippen LogP contribution in [0.3, 0.4) is 0 Å². The van der Waals surface area contributed by atoms with Crippen molar-refractivity contribution in [2.24, 2.45) is 0 Å². The van der Waals surface area contributed by atoms with Crippen molar-refractivity contribution in [2.45, 2.75) is 6.61 Å². The van der Waals surface area contributed by atoms with Crippen molar-refractivity contribution in [3.05, 3.63) is 106 Å². The molecule has 7 heteroatoms. The lowest BCUT2D eigenvalue weighted by Gasteiger charge is -2.11. The van der Waals surface area contributed by atoms with Crippen LogP contribution in [-0.2, 0) is 6.61 Å². The largest absolute Gasteiger partial charge is 0.489 e. The molecule has 1 aromatic heterocycles. The molecule has 0 aliphatic rings. The maximum Gasteiger partial charge on any atom is 0.293 e. The van der Waals surface area contributed by atoms with Gasteiger partial charge >= 0.3 is 0 Å². The zero-order chi connectivity index (χ0) is 21.6. The summed E-state index contributed by atoms with van der Waals surface area (Å²) < 4.78 is 11.3. The number of nitrogens with one attached hydrogen (secondary N) is 2. The average molecular weight is 430 g/mol. The summed E-state index contributed by atoms with van der Waals surface area (Å²) in [5.41, 5.74) is 1.74. The minimum Gasteiger partial charge on any atom is -0.489 e. The van der Waals surface area contributed by atoms with E-state index in [2.05, 4.69) is 10.6 Å². The summed E-state index contributed by atoms with van der Waals surface area (Å²) in [4.78, 5) is 24.7. The monoisotopic (exact) mass is 430 g/mol. The number of carbonyl (C=O) groups excluding carboxylic acids is 1. The van der Waals surface area contributed by atoms with Gasteiger partial charge in [-0.3, -0.25) is 14.9 Å². The van der Waals surface area contributed by atoms with Gasteiger partial charge in [0.2, 0.25) is 0 Å². The first kappa shape index (κ1) is 20.3. The molecule has 3 aromatic carbocycles. The van der Waals surface area contributed by atoms with Crippen LogP contribution in [0.4, 0.5) is 5.69 Å². The van der Waals surface area contributed by atoms with E-state index >= 15 is 0 Å². The third-order valence-electron chi connectivity index (χ3n) is 4.43. The number of benzene rings is 3. The van der Waals surface area contributed by atoms with E-state index in [-0.39, 0.29) is 16.3 Å². The maximum atomic E-state index is 12.5. The minimum atomic E-state index is -0.614. The lowest BCUT2D eigenvalue weighted by molar-refractivity contribution is 0.0951. The van der Waals surface area contributed by atoms with Crippen LogP contribution in [0.25, 0.3) is 11.0 Å². The SMILES string of the molecule is O=C(NC(=S)Nc1cccc(OCc2ccccc2)c1)c1cc(=O)c2ccccc2o1. The number of hydrogen-bond acceptors (Lipinski definition) is 5. The van der Waals surface area contributed by atoms with Crippen molar-refractivity contribution < 1.29 is 13.9 Å². The van der Waals surface area contributed by atoms with Gasteiger partial charge in [-0.05, 0) is 42.0 Å². The number of fused-ring (bicyclic) bond motifs is 1. The molecule has 0 radical (unpaired) electrons. The topological polar surface area (TPSA) is 80.6 Å². The van der Waals surface area contributed by atoms with E-state index in [9.17, 15) is 9.59 Å². The number of anilines is 1. The molecule has 0 aliphatic carbocycles. The Morgan fingerprint density at radius 2 is 1.71 bits per heavy atom. The maximum absolute atomic E-state index is 12.5. The molecule has 0 spiro atoms. The van der Waals surface area contributed by atoms with E-state index in [1.165, 1.54) is 0 Å². The Bertz CT molecular complexity index is 1300. The molecule has 0 saturated heterocycles. The zero-order valence-corrected chi connectivity index (χ0v) is 17.1. The van der Waals surface area contributed by atoms with Crippen LogP contribution in [0, 0.1) is 0 Å². The highest BCUT2D eigenvalue weighted by Gasteiger charge is 2.14. The molecule has 31 heavy (non-hydrogen) atoms. The normalized spacial score (nSPS) is 10.5. The van der Waals surface area contributed by atoms with Gasteiger partial charge in [0, 0.05) is 17.8 Å². The summed E-state index contributed by atoms with van der Waals surface area (Å²) >= 11 is 5.22. The first-order valence-corrected chi connectivity index (χ1v) is 9.91. The number of amides is 1. The van der Waals surface area contributed by atoms with Crippen molar-refractivity contribution in [3.63, 3.8) is 0 Å². The smallest absolute Gasteiger partial charge is 0.293 e. The predicted molar refractivity (Wildman–Crippen MR) is 123 cm³/mol. The van der Waals surface area contributed by atoms with Gasteiger partial charge in [-0.25, -0.2) is 0 Å². The number of rotatable bonds is 5. The Labute approximate surface area is 183 Å². The summed E-state index contributed by atoms with van der Waals surface area (Å²) in [5.74, 6) is -0.0758. The van der Waals surface area contributed by atoms with E-state index in [0.717, 1.165) is 11.6 Å². The fourth-order valence-corrected chi connectivity index (χ4v) is 3.16. The van der Waals surface area contributed by atoms with Crippen LogP contribution in [-0.4, -0.2) is 11.0 Å². The van der Waals surface area contributed by atoms with Crippen LogP contribution in [0.15, 0.2) is 94.1 Å². The summed E-state index contributed by atoms with van der Waals surface area (Å²) in [6, 6.07) is 24.9. The molecular weight excluding hydrogens is 412 g/mol. The summed E-state index contributed by atoms with van der Waals surface area (Å²) in [5, 5.41) is 5.93. The Kier molecular flexibility index (Phi) is 6.05. The van der Waals surface area contributed by atoms with E-state index in [1.54, 1.807) is 36.4 Å². The second-order valence-electron chi connectivity index (χ2n) is 6.68. The van der Waals surface area contributed by atoms with E-state index < -0.39 is 5.91 Å². The quantitative estimate of drug-likeness (QED) is 0.454. The lowest BCUT2D eigenvalue weighted by Crippen LogP contribution is -2.34. The zero-order valence-electron chi connectivity index (χ0n) is 16.3. The predicted octanol–water partition coefficient (Wildman–Crippen LogP) is 4.50. The van der Waals surface area contributed by atoms with Crippen LogP contribution >= 0.6 is 12.2 Å². The molecule has 1 amide bonds. The third-order valence-corrected chi connectivity index (χ3v) is 4.63. The second kappa shape index (κ2) is 9.23. The fourth-order valence-electron chi connectivity index (χ4n) is 2.95. The van der Waals surface area contributed by atoms with Gasteiger partial charge in [-0.15, -0.1) is 0 Å². The highest BCUT2D eigenvalue weighted by atomic mass is 32.1. The number of para-hydroxylation sites is 1. The average Bonchev–Trinajstić information content (AvgIpc) is 2.78. The van der Waals surface area contributed by atoms with Crippen molar-refractivity contribution in [2.75, 3.05) is 5.32 Å².